The molecule has 3 rings (SSSR count). The van der Waals surface area contributed by atoms with Crippen molar-refractivity contribution in [3.8, 4) is 11.3 Å². The van der Waals surface area contributed by atoms with Crippen LogP contribution in [0.1, 0.15) is 25.5 Å². The summed E-state index contributed by atoms with van der Waals surface area (Å²) in [4.78, 5) is 48.0. The third kappa shape index (κ3) is 4.77. The fourth-order valence-corrected chi connectivity index (χ4v) is 3.51. The molecule has 0 aliphatic carbocycles. The maximum absolute atomic E-state index is 12.5. The fraction of sp³-hybridized carbons (Fsp3) is 0.250. The number of para-hydroxylation sites is 1. The molecule has 0 unspecified atom stereocenters. The van der Waals surface area contributed by atoms with Crippen LogP contribution in [0, 0.1) is 10.1 Å². The van der Waals surface area contributed by atoms with Crippen LogP contribution in [-0.2, 0) is 14.3 Å². The van der Waals surface area contributed by atoms with Crippen molar-refractivity contribution < 1.29 is 28.5 Å². The first kappa shape index (κ1) is 21.3. The van der Waals surface area contributed by atoms with E-state index >= 15 is 0 Å². The van der Waals surface area contributed by atoms with Crippen LogP contribution in [0.5, 0.6) is 0 Å². The van der Waals surface area contributed by atoms with Crippen molar-refractivity contribution in [2.24, 2.45) is 0 Å². The molecule has 2 amide bonds. The van der Waals surface area contributed by atoms with Crippen LogP contribution in [0.25, 0.3) is 17.4 Å². The Morgan fingerprint density at radius 2 is 2.03 bits per heavy atom. The molecule has 2 aromatic rings. The van der Waals surface area contributed by atoms with Crippen molar-refractivity contribution in [1.82, 2.24) is 4.90 Å². The topological polar surface area (TPSA) is 120 Å². The van der Waals surface area contributed by atoms with Gasteiger partial charge in [-0.15, -0.1) is 0 Å². The van der Waals surface area contributed by atoms with E-state index in [1.165, 1.54) is 12.1 Å². The summed E-state index contributed by atoms with van der Waals surface area (Å²) in [6, 6.07) is 9.20. The minimum Gasteiger partial charge on any atom is -0.464 e. The second kappa shape index (κ2) is 9.40. The first-order valence-electron chi connectivity index (χ1n) is 9.15. The summed E-state index contributed by atoms with van der Waals surface area (Å²) in [6.07, 6.45) is 2.92. The van der Waals surface area contributed by atoms with Crippen molar-refractivity contribution in [2.75, 3.05) is 13.2 Å². The summed E-state index contributed by atoms with van der Waals surface area (Å²) >= 11 is 0.683. The number of nitrogens with zero attached hydrogens (tertiary/aromatic N) is 2. The number of nitro benzene ring substituents is 1. The van der Waals surface area contributed by atoms with Crippen molar-refractivity contribution in [3.63, 3.8) is 0 Å². The van der Waals surface area contributed by atoms with E-state index in [0.29, 0.717) is 23.7 Å². The summed E-state index contributed by atoms with van der Waals surface area (Å²) in [7, 11) is 0. The molecule has 0 spiro atoms. The molecular weight excluding hydrogens is 412 g/mol. The number of thioether (sulfide) groups is 1. The van der Waals surface area contributed by atoms with E-state index in [2.05, 4.69) is 0 Å². The predicted molar refractivity (Wildman–Crippen MR) is 109 cm³/mol. The third-order valence-corrected chi connectivity index (χ3v) is 5.10. The standard InChI is InChI=1S/C20H18N2O7S/c1-2-3-10-28-18(23)12-21-19(24)17(30-20(21)25)11-13-8-9-16(29-13)14-6-4-5-7-15(14)22(26)27/h4-9,11H,2-3,10,12H2,1H3/b17-11+. The number of benzene rings is 1. The lowest BCUT2D eigenvalue weighted by atomic mass is 10.1. The second-order valence-electron chi connectivity index (χ2n) is 6.32. The molecule has 1 fully saturated rings. The molecule has 9 nitrogen and oxygen atoms in total. The van der Waals surface area contributed by atoms with Crippen LogP contribution in [0.3, 0.4) is 0 Å². The average molecular weight is 430 g/mol. The van der Waals surface area contributed by atoms with E-state index in [-0.39, 0.29) is 28.7 Å². The van der Waals surface area contributed by atoms with Crippen LogP contribution in [0.15, 0.2) is 45.7 Å². The number of imide groups is 1. The van der Waals surface area contributed by atoms with Gasteiger partial charge in [0, 0.05) is 12.1 Å². The number of ether oxygens (including phenoxy) is 1. The van der Waals surface area contributed by atoms with Gasteiger partial charge in [-0.05, 0) is 36.4 Å². The predicted octanol–water partition coefficient (Wildman–Crippen LogP) is 4.23. The van der Waals surface area contributed by atoms with Crippen LogP contribution in [0.2, 0.25) is 0 Å². The maximum atomic E-state index is 12.5. The molecule has 10 heteroatoms. The van der Waals surface area contributed by atoms with E-state index < -0.39 is 28.6 Å². The normalized spacial score (nSPS) is 15.1. The lowest BCUT2D eigenvalue weighted by Crippen LogP contribution is -2.34. The molecule has 1 aliphatic rings. The van der Waals surface area contributed by atoms with Crippen LogP contribution < -0.4 is 0 Å². The van der Waals surface area contributed by atoms with Gasteiger partial charge in [-0.25, -0.2) is 0 Å². The molecule has 156 valence electrons. The quantitative estimate of drug-likeness (QED) is 0.201. The highest BCUT2D eigenvalue weighted by atomic mass is 32.2. The smallest absolute Gasteiger partial charge is 0.326 e. The van der Waals surface area contributed by atoms with E-state index in [4.69, 9.17) is 9.15 Å². The van der Waals surface area contributed by atoms with Crippen LogP contribution in [-0.4, -0.2) is 40.1 Å². The van der Waals surface area contributed by atoms with Gasteiger partial charge < -0.3 is 9.15 Å². The zero-order valence-corrected chi connectivity index (χ0v) is 16.8. The number of carbonyl (C=O) groups excluding carboxylic acids is 3. The summed E-state index contributed by atoms with van der Waals surface area (Å²) in [5, 5.41) is 10.6. The number of furan rings is 1. The number of nitro groups is 1. The van der Waals surface area contributed by atoms with Crippen molar-refractivity contribution in [3.05, 3.63) is 57.2 Å². The minimum atomic E-state index is -0.649. The Balaban J connectivity index is 1.74. The highest BCUT2D eigenvalue weighted by molar-refractivity contribution is 8.18. The van der Waals surface area contributed by atoms with Gasteiger partial charge in [-0.1, -0.05) is 25.5 Å². The van der Waals surface area contributed by atoms with Crippen LogP contribution in [0.4, 0.5) is 10.5 Å². The Morgan fingerprint density at radius 3 is 2.77 bits per heavy atom. The average Bonchev–Trinajstić information content (AvgIpc) is 3.28. The molecule has 1 saturated heterocycles. The summed E-state index contributed by atoms with van der Waals surface area (Å²) in [5.41, 5.74) is 0.186. The number of carbonyl (C=O) groups is 3. The van der Waals surface area contributed by atoms with Gasteiger partial charge in [0.15, 0.2) is 0 Å². The lowest BCUT2D eigenvalue weighted by molar-refractivity contribution is -0.384. The largest absolute Gasteiger partial charge is 0.464 e. The number of hydrogen-bond donors (Lipinski definition) is 0. The van der Waals surface area contributed by atoms with Gasteiger partial charge in [-0.2, -0.15) is 0 Å². The van der Waals surface area contributed by atoms with E-state index in [9.17, 15) is 24.5 Å². The Kier molecular flexibility index (Phi) is 6.68. The number of esters is 1. The number of unbranched alkanes of at least 4 members (excludes halogenated alkanes) is 1. The Hall–Kier alpha value is -3.40. The third-order valence-electron chi connectivity index (χ3n) is 4.19. The van der Waals surface area contributed by atoms with Gasteiger partial charge in [0.1, 0.15) is 18.1 Å². The second-order valence-corrected chi connectivity index (χ2v) is 7.31. The molecule has 1 aliphatic heterocycles. The van der Waals surface area contributed by atoms with E-state index in [0.717, 1.165) is 11.3 Å². The summed E-state index contributed by atoms with van der Waals surface area (Å²) in [5.74, 6) is -0.767. The van der Waals surface area contributed by atoms with Crippen molar-refractivity contribution in [1.29, 1.82) is 0 Å². The van der Waals surface area contributed by atoms with E-state index in [1.807, 2.05) is 6.92 Å². The SMILES string of the molecule is CCCCOC(=O)CN1C(=O)S/C(=C/c2ccc(-c3ccccc3[N+](=O)[O-])o2)C1=O. The molecule has 0 N–H and O–H groups in total. The molecule has 0 bridgehead atoms. The number of hydrogen-bond acceptors (Lipinski definition) is 8. The highest BCUT2D eigenvalue weighted by Gasteiger charge is 2.37. The monoisotopic (exact) mass is 430 g/mol. The van der Waals surface area contributed by atoms with E-state index in [1.54, 1.807) is 30.3 Å². The minimum absolute atomic E-state index is 0.0878. The molecule has 0 atom stereocenters. The molecule has 1 aromatic carbocycles. The molecule has 2 heterocycles. The Bertz CT molecular complexity index is 1030. The van der Waals surface area contributed by atoms with Gasteiger partial charge in [0.25, 0.3) is 16.8 Å². The lowest BCUT2D eigenvalue weighted by Gasteiger charge is -2.11. The van der Waals surface area contributed by atoms with Gasteiger partial charge in [0.05, 0.1) is 22.0 Å². The fourth-order valence-electron chi connectivity index (χ4n) is 2.69. The van der Waals surface area contributed by atoms with Crippen molar-refractivity contribution >= 4 is 40.6 Å². The number of rotatable bonds is 8. The van der Waals surface area contributed by atoms with Gasteiger partial charge in [-0.3, -0.25) is 29.4 Å². The first-order valence-corrected chi connectivity index (χ1v) is 9.97. The first-order chi connectivity index (χ1) is 14.4. The zero-order valence-electron chi connectivity index (χ0n) is 16.0. The maximum Gasteiger partial charge on any atom is 0.326 e. The zero-order chi connectivity index (χ0) is 21.7. The van der Waals surface area contributed by atoms with Crippen molar-refractivity contribution in [2.45, 2.75) is 19.8 Å². The molecule has 1 aromatic heterocycles. The summed E-state index contributed by atoms with van der Waals surface area (Å²) < 4.78 is 10.6. The molecule has 0 saturated carbocycles. The molecule has 0 radical (unpaired) electrons. The summed E-state index contributed by atoms with van der Waals surface area (Å²) in [6.45, 7) is 1.73. The molecular formula is C20H18N2O7S. The Labute approximate surface area is 175 Å². The van der Waals surface area contributed by atoms with Gasteiger partial charge in [0.2, 0.25) is 0 Å². The van der Waals surface area contributed by atoms with Crippen LogP contribution >= 0.6 is 11.8 Å². The number of amides is 2. The van der Waals surface area contributed by atoms with Gasteiger partial charge >= 0.3 is 5.97 Å². The highest BCUT2D eigenvalue weighted by Crippen LogP contribution is 2.35. The molecule has 30 heavy (non-hydrogen) atoms. The Morgan fingerprint density at radius 1 is 1.27 bits per heavy atom.